The standard InChI is InChI=1S/C12H27IN4O2S/c13-20-15-2-4-17-7-11-18-9-5-16(3-1-14)6-10-19-12-8-17/h15H,1-12,14H2. The average molecular weight is 418 g/mol. The molecular formula is C12H27IN4O2S. The number of nitrogens with two attached hydrogens (primary N) is 1. The molecule has 1 fully saturated rings. The molecule has 6 nitrogen and oxygen atoms in total. The first-order valence-corrected chi connectivity index (χ1v) is 10.5. The summed E-state index contributed by atoms with van der Waals surface area (Å²) in [6.07, 6.45) is 0. The van der Waals surface area contributed by atoms with Gasteiger partial charge in [-0.25, -0.2) is 0 Å². The van der Waals surface area contributed by atoms with Gasteiger partial charge in [-0.05, 0) is 9.12 Å². The number of hydrogen-bond acceptors (Lipinski definition) is 7. The first-order valence-electron chi connectivity index (χ1n) is 7.17. The molecule has 0 aliphatic carbocycles. The quantitative estimate of drug-likeness (QED) is 0.363. The van der Waals surface area contributed by atoms with Crippen LogP contribution in [0.1, 0.15) is 0 Å². The molecule has 1 heterocycles. The monoisotopic (exact) mass is 418 g/mol. The Hall–Kier alpha value is 0.840. The highest BCUT2D eigenvalue weighted by Gasteiger charge is 2.08. The molecule has 20 heavy (non-hydrogen) atoms. The lowest BCUT2D eigenvalue weighted by molar-refractivity contribution is 0.0393. The van der Waals surface area contributed by atoms with Crippen molar-refractivity contribution in [1.82, 2.24) is 14.5 Å². The van der Waals surface area contributed by atoms with Gasteiger partial charge >= 0.3 is 0 Å². The highest BCUT2D eigenvalue weighted by atomic mass is 127. The Balaban J connectivity index is 2.25. The van der Waals surface area contributed by atoms with Gasteiger partial charge in [0.25, 0.3) is 0 Å². The number of rotatable bonds is 6. The number of nitrogens with one attached hydrogen (secondary N) is 1. The maximum Gasteiger partial charge on any atom is 0.0594 e. The van der Waals surface area contributed by atoms with Gasteiger partial charge in [0.15, 0.2) is 0 Å². The zero-order chi connectivity index (χ0) is 14.5. The zero-order valence-corrected chi connectivity index (χ0v) is 15.0. The van der Waals surface area contributed by atoms with Gasteiger partial charge in [-0.15, -0.1) is 0 Å². The molecule has 1 saturated heterocycles. The van der Waals surface area contributed by atoms with Crippen LogP contribution in [0, 0.1) is 0 Å². The second-order valence-corrected chi connectivity index (χ2v) is 6.43. The fraction of sp³-hybridized carbons (Fsp3) is 1.00. The minimum atomic E-state index is 0.690. The van der Waals surface area contributed by atoms with Gasteiger partial charge in [-0.2, -0.15) is 0 Å². The third kappa shape index (κ3) is 9.72. The Morgan fingerprint density at radius 1 is 0.950 bits per heavy atom. The van der Waals surface area contributed by atoms with Crippen LogP contribution >= 0.6 is 30.3 Å². The van der Waals surface area contributed by atoms with Crippen molar-refractivity contribution >= 4 is 30.3 Å². The maximum atomic E-state index is 5.73. The molecule has 0 aromatic rings. The van der Waals surface area contributed by atoms with Gasteiger partial charge in [0.1, 0.15) is 0 Å². The summed E-state index contributed by atoms with van der Waals surface area (Å²) in [6, 6.07) is 0. The van der Waals surface area contributed by atoms with Gasteiger partial charge in [0, 0.05) is 73.6 Å². The summed E-state index contributed by atoms with van der Waals surface area (Å²) in [5.41, 5.74) is 5.61. The van der Waals surface area contributed by atoms with E-state index in [2.05, 4.69) is 35.7 Å². The minimum absolute atomic E-state index is 0.690. The molecule has 0 unspecified atom stereocenters. The van der Waals surface area contributed by atoms with Crippen molar-refractivity contribution in [2.24, 2.45) is 5.73 Å². The summed E-state index contributed by atoms with van der Waals surface area (Å²) in [5, 5.41) is 0. The van der Waals surface area contributed by atoms with Crippen molar-refractivity contribution < 1.29 is 9.47 Å². The third-order valence-corrected chi connectivity index (χ3v) is 4.48. The number of ether oxygens (including phenoxy) is 2. The Labute approximate surface area is 138 Å². The van der Waals surface area contributed by atoms with Crippen LogP contribution in [-0.2, 0) is 9.47 Å². The average Bonchev–Trinajstić information content (AvgIpc) is 2.44. The summed E-state index contributed by atoms with van der Waals surface area (Å²) in [5.74, 6) is 0. The van der Waals surface area contributed by atoms with E-state index in [9.17, 15) is 0 Å². The molecule has 120 valence electrons. The van der Waals surface area contributed by atoms with E-state index in [4.69, 9.17) is 15.2 Å². The van der Waals surface area contributed by atoms with E-state index in [0.29, 0.717) is 6.54 Å². The molecule has 1 rings (SSSR count). The molecule has 0 bridgehead atoms. The molecular weight excluding hydrogens is 391 g/mol. The van der Waals surface area contributed by atoms with E-state index in [1.807, 2.05) is 0 Å². The second kappa shape index (κ2) is 13.5. The Morgan fingerprint density at radius 2 is 1.45 bits per heavy atom. The third-order valence-electron chi connectivity index (χ3n) is 3.24. The summed E-state index contributed by atoms with van der Waals surface area (Å²) in [7, 11) is 1.63. The van der Waals surface area contributed by atoms with Gasteiger partial charge in [-0.1, -0.05) is 0 Å². The first kappa shape index (κ1) is 18.9. The van der Waals surface area contributed by atoms with E-state index in [0.717, 1.165) is 72.2 Å². The Morgan fingerprint density at radius 3 is 1.90 bits per heavy atom. The highest BCUT2D eigenvalue weighted by Crippen LogP contribution is 2.03. The minimum Gasteiger partial charge on any atom is -0.379 e. The van der Waals surface area contributed by atoms with Gasteiger partial charge in [0.2, 0.25) is 0 Å². The van der Waals surface area contributed by atoms with Gasteiger partial charge in [0.05, 0.1) is 26.4 Å². The molecule has 0 spiro atoms. The molecule has 0 radical (unpaired) electrons. The summed E-state index contributed by atoms with van der Waals surface area (Å²) >= 11 is 2.25. The molecule has 8 heteroatoms. The van der Waals surface area contributed by atoms with E-state index < -0.39 is 0 Å². The van der Waals surface area contributed by atoms with Crippen LogP contribution < -0.4 is 10.5 Å². The lowest BCUT2D eigenvalue weighted by Crippen LogP contribution is -2.39. The topological polar surface area (TPSA) is 63.0 Å². The first-order chi connectivity index (χ1) is 9.86. The Bertz CT molecular complexity index is 216. The number of nitrogens with zero attached hydrogens (tertiary/aromatic N) is 2. The zero-order valence-electron chi connectivity index (χ0n) is 12.1. The smallest absolute Gasteiger partial charge is 0.0594 e. The molecule has 0 saturated carbocycles. The predicted molar refractivity (Wildman–Crippen MR) is 93.2 cm³/mol. The largest absolute Gasteiger partial charge is 0.379 e. The predicted octanol–water partition coefficient (Wildman–Crippen LogP) is 0.184. The summed E-state index contributed by atoms with van der Waals surface area (Å²) in [4.78, 5) is 4.69. The SMILES string of the molecule is NCCN1CCOCCN(CCNSI)CCOCC1. The van der Waals surface area contributed by atoms with E-state index >= 15 is 0 Å². The molecule has 3 N–H and O–H groups in total. The van der Waals surface area contributed by atoms with Crippen LogP contribution in [0.3, 0.4) is 0 Å². The molecule has 0 aromatic heterocycles. The Kier molecular flexibility index (Phi) is 12.7. The van der Waals surface area contributed by atoms with Crippen molar-refractivity contribution in [2.45, 2.75) is 0 Å². The summed E-state index contributed by atoms with van der Waals surface area (Å²) in [6.45, 7) is 10.5. The van der Waals surface area contributed by atoms with Crippen LogP contribution in [0.4, 0.5) is 0 Å². The highest BCUT2D eigenvalue weighted by molar-refractivity contribution is 14.2. The lowest BCUT2D eigenvalue weighted by atomic mass is 10.4. The van der Waals surface area contributed by atoms with Gasteiger partial charge in [-0.3, -0.25) is 14.5 Å². The van der Waals surface area contributed by atoms with E-state index in [-0.39, 0.29) is 0 Å². The van der Waals surface area contributed by atoms with E-state index in [1.54, 1.807) is 9.12 Å². The van der Waals surface area contributed by atoms with E-state index in [1.165, 1.54) is 0 Å². The fourth-order valence-corrected chi connectivity index (χ4v) is 2.90. The molecule has 0 atom stereocenters. The maximum absolute atomic E-state index is 5.73. The van der Waals surface area contributed by atoms with Crippen LogP contribution in [0.25, 0.3) is 0 Å². The van der Waals surface area contributed by atoms with Crippen LogP contribution in [0.5, 0.6) is 0 Å². The normalized spacial score (nSPS) is 21.3. The van der Waals surface area contributed by atoms with Crippen molar-refractivity contribution in [2.75, 3.05) is 78.8 Å². The molecule has 0 aromatic carbocycles. The fourth-order valence-electron chi connectivity index (χ4n) is 2.07. The van der Waals surface area contributed by atoms with Crippen LogP contribution in [0.15, 0.2) is 0 Å². The van der Waals surface area contributed by atoms with Gasteiger partial charge < -0.3 is 15.2 Å². The molecule has 1 aliphatic heterocycles. The van der Waals surface area contributed by atoms with Crippen molar-refractivity contribution in [3.05, 3.63) is 0 Å². The second-order valence-electron chi connectivity index (χ2n) is 4.67. The number of hydrogen-bond donors (Lipinski definition) is 2. The number of halogens is 1. The summed E-state index contributed by atoms with van der Waals surface area (Å²) < 4.78 is 14.7. The van der Waals surface area contributed by atoms with Crippen LogP contribution in [-0.4, -0.2) is 88.6 Å². The lowest BCUT2D eigenvalue weighted by Gasteiger charge is -2.25. The van der Waals surface area contributed by atoms with Crippen molar-refractivity contribution in [3.63, 3.8) is 0 Å². The molecule has 1 aliphatic rings. The van der Waals surface area contributed by atoms with Crippen LogP contribution in [0.2, 0.25) is 0 Å². The van der Waals surface area contributed by atoms with Crippen molar-refractivity contribution in [3.8, 4) is 0 Å². The molecule has 0 amide bonds. The van der Waals surface area contributed by atoms with Crippen molar-refractivity contribution in [1.29, 1.82) is 0 Å².